The highest BCUT2D eigenvalue weighted by Gasteiger charge is 2.38. The van der Waals surface area contributed by atoms with E-state index in [0.29, 0.717) is 33.4 Å². The van der Waals surface area contributed by atoms with E-state index in [1.807, 2.05) is 24.3 Å². The zero-order valence-corrected chi connectivity index (χ0v) is 14.9. The number of aliphatic imine (C=N–C) groups is 1. The number of amidine groups is 1. The van der Waals surface area contributed by atoms with Crippen molar-refractivity contribution in [3.63, 3.8) is 0 Å². The van der Waals surface area contributed by atoms with Crippen LogP contribution in [0.4, 0.5) is 15.8 Å². The van der Waals surface area contributed by atoms with Crippen LogP contribution in [0.5, 0.6) is 0 Å². The van der Waals surface area contributed by atoms with E-state index in [0.717, 1.165) is 17.4 Å². The average molecular weight is 379 g/mol. The molecule has 0 radical (unpaired) electrons. The Hall–Kier alpha value is -3.19. The molecule has 0 spiro atoms. The summed E-state index contributed by atoms with van der Waals surface area (Å²) in [5.41, 5.74) is 2.34. The number of carbonyl (C=O) groups excluding carboxylic acids is 2. The third kappa shape index (κ3) is 3.06. The number of halogens is 1. The number of anilines is 1. The predicted molar refractivity (Wildman–Crippen MR) is 105 cm³/mol. The highest BCUT2D eigenvalue weighted by Crippen LogP contribution is 2.42. The molecule has 0 aromatic heterocycles. The molecule has 2 aliphatic heterocycles. The fraction of sp³-hybridized carbons (Fsp3) is 0.0500. The number of para-hydroxylation sites is 1. The van der Waals surface area contributed by atoms with Crippen LogP contribution in [0.15, 0.2) is 71.1 Å². The van der Waals surface area contributed by atoms with Crippen LogP contribution in [-0.4, -0.2) is 23.5 Å². The molecule has 0 atom stereocenters. The first-order chi connectivity index (χ1) is 13.1. The van der Waals surface area contributed by atoms with Gasteiger partial charge in [0.25, 0.3) is 11.8 Å². The first-order valence-corrected chi connectivity index (χ1v) is 9.00. The molecule has 2 aromatic rings. The molecule has 134 valence electrons. The number of nitrogens with one attached hydrogen (secondary N) is 1. The highest BCUT2D eigenvalue weighted by atomic mass is 32.2. The summed E-state index contributed by atoms with van der Waals surface area (Å²) in [6.07, 6.45) is 1.64. The Kier molecular flexibility index (Phi) is 4.37. The lowest BCUT2D eigenvalue weighted by molar-refractivity contribution is -0.116. The second kappa shape index (κ2) is 6.85. The molecule has 0 saturated carbocycles. The second-order valence-corrected chi connectivity index (χ2v) is 6.87. The van der Waals surface area contributed by atoms with Gasteiger partial charge in [0.1, 0.15) is 5.82 Å². The SMILES string of the molecule is C=CCN1C(=O)C(=C2SC(=Nc3ccc(F)cc3)NC2=O)c2ccccc21. The number of benzene rings is 2. The molecule has 2 amide bonds. The monoisotopic (exact) mass is 379 g/mol. The Morgan fingerprint density at radius 3 is 2.63 bits per heavy atom. The van der Waals surface area contributed by atoms with E-state index in [4.69, 9.17) is 0 Å². The van der Waals surface area contributed by atoms with Crippen LogP contribution in [0.1, 0.15) is 5.56 Å². The van der Waals surface area contributed by atoms with Crippen molar-refractivity contribution in [2.45, 2.75) is 0 Å². The number of hydrogen-bond acceptors (Lipinski definition) is 4. The smallest absolute Gasteiger partial charge is 0.264 e. The van der Waals surface area contributed by atoms with Crippen molar-refractivity contribution < 1.29 is 14.0 Å². The van der Waals surface area contributed by atoms with E-state index in [9.17, 15) is 14.0 Å². The van der Waals surface area contributed by atoms with Crippen molar-refractivity contribution in [1.29, 1.82) is 0 Å². The van der Waals surface area contributed by atoms with Gasteiger partial charge in [0.2, 0.25) is 0 Å². The minimum atomic E-state index is -0.375. The Morgan fingerprint density at radius 2 is 1.89 bits per heavy atom. The van der Waals surface area contributed by atoms with Gasteiger partial charge in [0.05, 0.1) is 21.9 Å². The molecule has 0 aliphatic carbocycles. The number of carbonyl (C=O) groups is 2. The van der Waals surface area contributed by atoms with Gasteiger partial charge in [-0.05, 0) is 42.1 Å². The molecule has 0 bridgehead atoms. The van der Waals surface area contributed by atoms with Gasteiger partial charge in [-0.15, -0.1) is 6.58 Å². The Morgan fingerprint density at radius 1 is 1.15 bits per heavy atom. The van der Waals surface area contributed by atoms with E-state index in [2.05, 4.69) is 16.9 Å². The van der Waals surface area contributed by atoms with E-state index in [1.54, 1.807) is 11.0 Å². The van der Waals surface area contributed by atoms with Crippen molar-refractivity contribution in [3.8, 4) is 0 Å². The van der Waals surface area contributed by atoms with E-state index in [1.165, 1.54) is 24.3 Å². The molecular formula is C20H14FN3O2S. The van der Waals surface area contributed by atoms with Gasteiger partial charge in [-0.2, -0.15) is 0 Å². The van der Waals surface area contributed by atoms with Gasteiger partial charge in [0.15, 0.2) is 5.17 Å². The minimum Gasteiger partial charge on any atom is -0.304 e. The third-order valence-electron chi connectivity index (χ3n) is 4.14. The lowest BCUT2D eigenvalue weighted by Crippen LogP contribution is -2.27. The predicted octanol–water partition coefficient (Wildman–Crippen LogP) is 3.62. The quantitative estimate of drug-likeness (QED) is 0.655. The van der Waals surface area contributed by atoms with Crippen molar-refractivity contribution in [3.05, 3.63) is 77.5 Å². The number of hydrogen-bond donors (Lipinski definition) is 1. The maximum atomic E-state index is 13.0. The first kappa shape index (κ1) is 17.2. The van der Waals surface area contributed by atoms with Gasteiger partial charge in [-0.3, -0.25) is 9.59 Å². The zero-order chi connectivity index (χ0) is 19.0. The third-order valence-corrected chi connectivity index (χ3v) is 5.12. The lowest BCUT2D eigenvalue weighted by atomic mass is 10.1. The summed E-state index contributed by atoms with van der Waals surface area (Å²) < 4.78 is 13.0. The van der Waals surface area contributed by atoms with Crippen molar-refractivity contribution in [2.75, 3.05) is 11.4 Å². The fourth-order valence-electron chi connectivity index (χ4n) is 2.98. The normalized spacial score (nSPS) is 20.2. The topological polar surface area (TPSA) is 61.8 Å². The standard InChI is InChI=1S/C20H14FN3O2S/c1-2-11-24-15-6-4-3-5-14(15)16(19(24)26)17-18(25)23-20(27-17)22-13-9-7-12(21)8-10-13/h2-10H,1,11H2,(H,22,23,25). The van der Waals surface area contributed by atoms with E-state index in [-0.39, 0.29) is 17.6 Å². The Balaban J connectivity index is 1.75. The van der Waals surface area contributed by atoms with Gasteiger partial charge in [0, 0.05) is 12.1 Å². The molecule has 1 saturated heterocycles. The molecule has 27 heavy (non-hydrogen) atoms. The van der Waals surface area contributed by atoms with Crippen LogP contribution in [0.3, 0.4) is 0 Å². The number of nitrogens with zero attached hydrogens (tertiary/aromatic N) is 2. The van der Waals surface area contributed by atoms with E-state index >= 15 is 0 Å². The molecule has 4 rings (SSSR count). The van der Waals surface area contributed by atoms with Gasteiger partial charge in [-0.25, -0.2) is 9.38 Å². The average Bonchev–Trinajstić information content (AvgIpc) is 3.15. The van der Waals surface area contributed by atoms with Crippen LogP contribution in [-0.2, 0) is 9.59 Å². The molecule has 2 aromatic carbocycles. The summed E-state index contributed by atoms with van der Waals surface area (Å²) in [7, 11) is 0. The summed E-state index contributed by atoms with van der Waals surface area (Å²) >= 11 is 1.10. The fourth-order valence-corrected chi connectivity index (χ4v) is 3.91. The minimum absolute atomic E-state index is 0.239. The maximum absolute atomic E-state index is 13.0. The van der Waals surface area contributed by atoms with Crippen LogP contribution in [0.25, 0.3) is 5.57 Å². The van der Waals surface area contributed by atoms with Crippen molar-refractivity contribution in [2.24, 2.45) is 4.99 Å². The zero-order valence-electron chi connectivity index (χ0n) is 14.1. The summed E-state index contributed by atoms with van der Waals surface area (Å²) in [5, 5.41) is 3.02. The Bertz CT molecular complexity index is 1030. The largest absolute Gasteiger partial charge is 0.304 e. The van der Waals surface area contributed by atoms with Gasteiger partial charge in [-0.1, -0.05) is 24.3 Å². The summed E-state index contributed by atoms with van der Waals surface area (Å²) in [6.45, 7) is 4.05. The number of rotatable bonds is 3. The first-order valence-electron chi connectivity index (χ1n) is 8.18. The molecule has 1 fully saturated rings. The van der Waals surface area contributed by atoms with Crippen LogP contribution in [0.2, 0.25) is 0 Å². The lowest BCUT2D eigenvalue weighted by Gasteiger charge is -2.13. The number of amides is 2. The summed E-state index contributed by atoms with van der Waals surface area (Å²) in [4.78, 5) is 31.7. The second-order valence-electron chi connectivity index (χ2n) is 5.88. The molecule has 2 aliphatic rings. The maximum Gasteiger partial charge on any atom is 0.264 e. The van der Waals surface area contributed by atoms with Gasteiger partial charge < -0.3 is 10.2 Å². The Labute approximate surface area is 159 Å². The molecular weight excluding hydrogens is 365 g/mol. The van der Waals surface area contributed by atoms with Crippen molar-refractivity contribution in [1.82, 2.24) is 5.32 Å². The summed E-state index contributed by atoms with van der Waals surface area (Å²) in [5.74, 6) is -0.975. The highest BCUT2D eigenvalue weighted by molar-refractivity contribution is 8.18. The molecule has 0 unspecified atom stereocenters. The van der Waals surface area contributed by atoms with Crippen LogP contribution >= 0.6 is 11.8 Å². The number of thioether (sulfide) groups is 1. The number of fused-ring (bicyclic) bond motifs is 1. The molecule has 2 heterocycles. The van der Waals surface area contributed by atoms with Crippen molar-refractivity contribution >= 4 is 45.7 Å². The molecule has 1 N–H and O–H groups in total. The van der Waals surface area contributed by atoms with Crippen LogP contribution < -0.4 is 10.2 Å². The van der Waals surface area contributed by atoms with E-state index < -0.39 is 0 Å². The molecule has 5 nitrogen and oxygen atoms in total. The molecule has 7 heteroatoms. The van der Waals surface area contributed by atoms with Crippen LogP contribution in [0, 0.1) is 5.82 Å². The summed E-state index contributed by atoms with van der Waals surface area (Å²) in [6, 6.07) is 13.0. The van der Waals surface area contributed by atoms with Gasteiger partial charge >= 0.3 is 0 Å².